The van der Waals surface area contributed by atoms with Crippen molar-refractivity contribution >= 4 is 11.6 Å². The van der Waals surface area contributed by atoms with Crippen LogP contribution in [0.25, 0.3) is 5.69 Å². The monoisotopic (exact) mass is 436 g/mol. The largest absolute Gasteiger partial charge is 0.378 e. The van der Waals surface area contributed by atoms with Gasteiger partial charge in [0.25, 0.3) is 5.91 Å². The zero-order chi connectivity index (χ0) is 22.7. The van der Waals surface area contributed by atoms with Gasteiger partial charge in [0.05, 0.1) is 23.6 Å². The van der Waals surface area contributed by atoms with Crippen LogP contribution in [0.4, 0.5) is 10.1 Å². The second-order valence-electron chi connectivity index (χ2n) is 8.39. The number of rotatable bonds is 7. The zero-order valence-corrected chi connectivity index (χ0v) is 18.8. The molecule has 1 fully saturated rings. The van der Waals surface area contributed by atoms with Gasteiger partial charge < -0.3 is 14.5 Å². The van der Waals surface area contributed by atoms with Gasteiger partial charge in [-0.05, 0) is 49.6 Å². The summed E-state index contributed by atoms with van der Waals surface area (Å²) >= 11 is 0. The fourth-order valence-corrected chi connectivity index (χ4v) is 4.03. The van der Waals surface area contributed by atoms with Gasteiger partial charge in [-0.25, -0.2) is 9.07 Å². The fourth-order valence-electron chi connectivity index (χ4n) is 4.03. The van der Waals surface area contributed by atoms with Gasteiger partial charge in [-0.15, -0.1) is 0 Å². The molecule has 0 N–H and O–H groups in total. The van der Waals surface area contributed by atoms with Crippen molar-refractivity contribution in [2.75, 3.05) is 32.1 Å². The number of carbonyl (C=O) groups excluding carboxylic acids is 1. The molecule has 4 rings (SSSR count). The number of aromatic nitrogens is 2. The van der Waals surface area contributed by atoms with Crippen molar-refractivity contribution in [2.45, 2.75) is 32.4 Å². The molecular formula is C25H29FN4O2. The molecule has 1 aliphatic heterocycles. The van der Waals surface area contributed by atoms with Crippen molar-refractivity contribution in [1.29, 1.82) is 0 Å². The third-order valence-corrected chi connectivity index (χ3v) is 5.88. The summed E-state index contributed by atoms with van der Waals surface area (Å²) in [6.45, 7) is 3.51. The molecule has 1 unspecified atom stereocenters. The van der Waals surface area contributed by atoms with E-state index in [1.165, 1.54) is 16.9 Å². The van der Waals surface area contributed by atoms with E-state index in [0.29, 0.717) is 30.0 Å². The number of hydrogen-bond donors (Lipinski definition) is 0. The summed E-state index contributed by atoms with van der Waals surface area (Å²) in [6, 6.07) is 14.6. The number of carbonyl (C=O) groups is 1. The lowest BCUT2D eigenvalue weighted by Crippen LogP contribution is -2.37. The molecular weight excluding hydrogens is 407 g/mol. The van der Waals surface area contributed by atoms with Crippen LogP contribution in [0.3, 0.4) is 0 Å². The Morgan fingerprint density at radius 1 is 1.19 bits per heavy atom. The Bertz CT molecular complexity index is 1070. The van der Waals surface area contributed by atoms with Gasteiger partial charge in [-0.2, -0.15) is 5.10 Å². The third kappa shape index (κ3) is 4.67. The van der Waals surface area contributed by atoms with Gasteiger partial charge in [0, 0.05) is 39.5 Å². The molecule has 0 bridgehead atoms. The highest BCUT2D eigenvalue weighted by Crippen LogP contribution is 2.22. The average Bonchev–Trinajstić information content (AvgIpc) is 3.43. The predicted octanol–water partition coefficient (Wildman–Crippen LogP) is 4.21. The van der Waals surface area contributed by atoms with Gasteiger partial charge in [0.2, 0.25) is 0 Å². The Labute approximate surface area is 188 Å². The van der Waals surface area contributed by atoms with Crippen LogP contribution in [0.15, 0.2) is 54.7 Å². The van der Waals surface area contributed by atoms with Crippen molar-refractivity contribution in [2.24, 2.45) is 0 Å². The zero-order valence-electron chi connectivity index (χ0n) is 18.8. The van der Waals surface area contributed by atoms with E-state index in [0.717, 1.165) is 30.7 Å². The van der Waals surface area contributed by atoms with Gasteiger partial charge in [0.1, 0.15) is 11.5 Å². The Kier molecular flexibility index (Phi) is 6.55. The standard InChI is InChI=1S/C25H29FN4O2/c1-18-22(15-27-30(18)24-9-5-4-8-23(24)26)25(31)29(17-21-7-6-14-32-21)16-19-10-12-20(13-11-19)28(2)3/h4-5,8-13,15,21H,6-7,14,16-17H2,1-3H3. The first-order chi connectivity index (χ1) is 15.4. The van der Waals surface area contributed by atoms with E-state index in [-0.39, 0.29) is 17.8 Å². The van der Waals surface area contributed by atoms with Gasteiger partial charge in [-0.1, -0.05) is 24.3 Å². The summed E-state index contributed by atoms with van der Waals surface area (Å²) in [6.07, 6.45) is 3.51. The Hall–Kier alpha value is -3.19. The van der Waals surface area contributed by atoms with Crippen molar-refractivity contribution in [3.63, 3.8) is 0 Å². The molecule has 2 aromatic carbocycles. The first-order valence-corrected chi connectivity index (χ1v) is 10.9. The van der Waals surface area contributed by atoms with Crippen LogP contribution in [0, 0.1) is 12.7 Å². The first kappa shape index (κ1) is 22.0. The van der Waals surface area contributed by atoms with Crippen molar-refractivity contribution in [1.82, 2.24) is 14.7 Å². The van der Waals surface area contributed by atoms with Crippen molar-refractivity contribution in [3.8, 4) is 5.69 Å². The second kappa shape index (κ2) is 9.53. The smallest absolute Gasteiger partial charge is 0.257 e. The summed E-state index contributed by atoms with van der Waals surface area (Å²) in [7, 11) is 4.00. The lowest BCUT2D eigenvalue weighted by Gasteiger charge is -2.26. The molecule has 0 saturated carbocycles. The molecule has 1 atom stereocenters. The second-order valence-corrected chi connectivity index (χ2v) is 8.39. The van der Waals surface area contributed by atoms with Crippen LogP contribution < -0.4 is 4.90 Å². The third-order valence-electron chi connectivity index (χ3n) is 5.88. The predicted molar refractivity (Wildman–Crippen MR) is 123 cm³/mol. The molecule has 0 spiro atoms. The Balaban J connectivity index is 1.60. The molecule has 1 amide bonds. The van der Waals surface area contributed by atoms with Crippen LogP contribution >= 0.6 is 0 Å². The minimum Gasteiger partial charge on any atom is -0.378 e. The molecule has 2 heterocycles. The Morgan fingerprint density at radius 2 is 1.94 bits per heavy atom. The molecule has 6 nitrogen and oxygen atoms in total. The minimum atomic E-state index is -0.380. The number of halogens is 1. The van der Waals surface area contributed by atoms with Crippen LogP contribution in [-0.2, 0) is 11.3 Å². The number of amides is 1. The molecule has 1 saturated heterocycles. The van der Waals surface area contributed by atoms with Gasteiger partial charge >= 0.3 is 0 Å². The molecule has 7 heteroatoms. The molecule has 0 radical (unpaired) electrons. The highest BCUT2D eigenvalue weighted by molar-refractivity contribution is 5.95. The molecule has 168 valence electrons. The van der Waals surface area contributed by atoms with Crippen LogP contribution in [0.5, 0.6) is 0 Å². The topological polar surface area (TPSA) is 50.6 Å². The SMILES string of the molecule is Cc1c(C(=O)N(Cc2ccc(N(C)C)cc2)CC2CCCO2)cnn1-c1ccccc1F. The lowest BCUT2D eigenvalue weighted by atomic mass is 10.1. The van der Waals surface area contributed by atoms with Crippen molar-refractivity contribution in [3.05, 3.63) is 77.4 Å². The van der Waals surface area contributed by atoms with E-state index < -0.39 is 0 Å². The molecule has 1 aliphatic rings. The number of nitrogens with zero attached hydrogens (tertiary/aromatic N) is 4. The highest BCUT2D eigenvalue weighted by Gasteiger charge is 2.26. The number of ether oxygens (including phenoxy) is 1. The average molecular weight is 437 g/mol. The quantitative estimate of drug-likeness (QED) is 0.557. The van der Waals surface area contributed by atoms with Crippen LogP contribution in [0.2, 0.25) is 0 Å². The van der Waals surface area contributed by atoms with Crippen molar-refractivity contribution < 1.29 is 13.9 Å². The minimum absolute atomic E-state index is 0.0296. The molecule has 1 aromatic heterocycles. The van der Waals surface area contributed by atoms with Gasteiger partial charge in [-0.3, -0.25) is 4.79 Å². The van der Waals surface area contributed by atoms with E-state index in [1.54, 1.807) is 25.1 Å². The van der Waals surface area contributed by atoms with Crippen LogP contribution in [-0.4, -0.2) is 53.9 Å². The maximum absolute atomic E-state index is 14.3. The fraction of sp³-hybridized carbons (Fsp3) is 0.360. The summed E-state index contributed by atoms with van der Waals surface area (Å²) in [5, 5.41) is 4.31. The van der Waals surface area contributed by atoms with E-state index in [9.17, 15) is 9.18 Å². The number of hydrogen-bond acceptors (Lipinski definition) is 4. The van der Waals surface area contributed by atoms with E-state index >= 15 is 0 Å². The summed E-state index contributed by atoms with van der Waals surface area (Å²) in [4.78, 5) is 17.4. The maximum atomic E-state index is 14.3. The molecule has 0 aliphatic carbocycles. The summed E-state index contributed by atoms with van der Waals surface area (Å²) < 4.78 is 21.6. The van der Waals surface area contributed by atoms with E-state index in [1.807, 2.05) is 48.2 Å². The summed E-state index contributed by atoms with van der Waals surface area (Å²) in [5.41, 5.74) is 3.56. The Morgan fingerprint density at radius 3 is 2.59 bits per heavy atom. The highest BCUT2D eigenvalue weighted by atomic mass is 19.1. The molecule has 32 heavy (non-hydrogen) atoms. The number of para-hydroxylation sites is 1. The number of benzene rings is 2. The van der Waals surface area contributed by atoms with E-state index in [2.05, 4.69) is 5.10 Å². The molecule has 3 aromatic rings. The number of anilines is 1. The van der Waals surface area contributed by atoms with E-state index in [4.69, 9.17) is 4.74 Å². The maximum Gasteiger partial charge on any atom is 0.257 e. The normalized spacial score (nSPS) is 15.7. The van der Waals surface area contributed by atoms with Gasteiger partial charge in [0.15, 0.2) is 0 Å². The first-order valence-electron chi connectivity index (χ1n) is 10.9. The lowest BCUT2D eigenvalue weighted by molar-refractivity contribution is 0.0506. The summed E-state index contributed by atoms with van der Waals surface area (Å²) in [5.74, 6) is -0.507. The van der Waals surface area contributed by atoms with Crippen LogP contribution in [0.1, 0.15) is 34.5 Å².